The molecule has 1 amide bonds. The molecule has 2 atom stereocenters. The number of benzene rings is 3. The maximum atomic E-state index is 13.0. The van der Waals surface area contributed by atoms with Gasteiger partial charge in [-0.05, 0) is 54.0 Å². The predicted octanol–water partition coefficient (Wildman–Crippen LogP) is 4.76. The molecule has 6 heteroatoms. The summed E-state index contributed by atoms with van der Waals surface area (Å²) >= 11 is 0. The molecule has 0 spiro atoms. The lowest BCUT2D eigenvalue weighted by atomic mass is 9.94. The van der Waals surface area contributed by atoms with Crippen LogP contribution in [0.15, 0.2) is 71.6 Å². The van der Waals surface area contributed by atoms with Gasteiger partial charge in [0, 0.05) is 29.7 Å². The van der Waals surface area contributed by atoms with Crippen LogP contribution in [0, 0.1) is 11.8 Å². The van der Waals surface area contributed by atoms with E-state index in [9.17, 15) is 13.2 Å². The number of anilines is 1. The maximum Gasteiger partial charge on any atom is 0.255 e. The van der Waals surface area contributed by atoms with Crippen molar-refractivity contribution in [2.24, 2.45) is 11.8 Å². The van der Waals surface area contributed by atoms with Gasteiger partial charge < -0.3 is 5.32 Å². The van der Waals surface area contributed by atoms with Crippen LogP contribution >= 0.6 is 0 Å². The normalized spacial score (nSPS) is 20.2. The quantitative estimate of drug-likeness (QED) is 0.659. The summed E-state index contributed by atoms with van der Waals surface area (Å²) in [6.07, 6.45) is 1.04. The van der Waals surface area contributed by atoms with Gasteiger partial charge in [0.25, 0.3) is 5.91 Å². The fourth-order valence-electron chi connectivity index (χ4n) is 4.26. The molecule has 1 heterocycles. The highest BCUT2D eigenvalue weighted by Gasteiger charge is 2.31. The molecule has 1 aliphatic rings. The summed E-state index contributed by atoms with van der Waals surface area (Å²) in [4.78, 5) is 13.0. The van der Waals surface area contributed by atoms with Crippen molar-refractivity contribution in [3.05, 3.63) is 72.3 Å². The number of fused-ring (bicyclic) bond motifs is 1. The summed E-state index contributed by atoms with van der Waals surface area (Å²) in [5.41, 5.74) is 1.15. The largest absolute Gasteiger partial charge is 0.321 e. The van der Waals surface area contributed by atoms with Crippen LogP contribution in [0.25, 0.3) is 10.8 Å². The summed E-state index contributed by atoms with van der Waals surface area (Å²) in [7, 11) is -3.56. The van der Waals surface area contributed by atoms with E-state index in [0.29, 0.717) is 30.5 Å². The molecule has 5 nitrogen and oxygen atoms in total. The van der Waals surface area contributed by atoms with Gasteiger partial charge in [0.1, 0.15) is 0 Å². The van der Waals surface area contributed by atoms with E-state index in [4.69, 9.17) is 0 Å². The van der Waals surface area contributed by atoms with E-state index in [-0.39, 0.29) is 10.8 Å². The summed E-state index contributed by atoms with van der Waals surface area (Å²) in [5.74, 6) is 0.416. The van der Waals surface area contributed by atoms with E-state index in [1.807, 2.05) is 42.5 Å². The Kier molecular flexibility index (Phi) is 5.62. The van der Waals surface area contributed by atoms with Gasteiger partial charge in [0.2, 0.25) is 10.0 Å². The number of carbonyl (C=O) groups is 1. The molecule has 1 N–H and O–H groups in total. The molecule has 0 saturated carbocycles. The van der Waals surface area contributed by atoms with Crippen molar-refractivity contribution < 1.29 is 13.2 Å². The van der Waals surface area contributed by atoms with E-state index in [1.54, 1.807) is 16.4 Å². The van der Waals surface area contributed by atoms with Crippen LogP contribution in [0.3, 0.4) is 0 Å². The predicted molar refractivity (Wildman–Crippen MR) is 120 cm³/mol. The summed E-state index contributed by atoms with van der Waals surface area (Å²) in [5, 5.41) is 4.94. The number of rotatable bonds is 4. The molecule has 0 radical (unpaired) electrons. The first-order valence-corrected chi connectivity index (χ1v) is 11.7. The Morgan fingerprint density at radius 3 is 2.23 bits per heavy atom. The van der Waals surface area contributed by atoms with Gasteiger partial charge in [0.05, 0.1) is 4.90 Å². The number of hydrogen-bond acceptors (Lipinski definition) is 3. The van der Waals surface area contributed by atoms with Crippen LogP contribution in [0.5, 0.6) is 0 Å². The number of amides is 1. The van der Waals surface area contributed by atoms with Crippen LogP contribution < -0.4 is 5.32 Å². The Bertz CT molecular complexity index is 1160. The Morgan fingerprint density at radius 1 is 0.900 bits per heavy atom. The first kappa shape index (κ1) is 20.6. The minimum Gasteiger partial charge on any atom is -0.321 e. The van der Waals surface area contributed by atoms with Crippen molar-refractivity contribution in [1.29, 1.82) is 0 Å². The highest BCUT2D eigenvalue weighted by molar-refractivity contribution is 7.89. The number of carbonyl (C=O) groups excluding carboxylic acids is 1. The number of piperidine rings is 1. The lowest BCUT2D eigenvalue weighted by molar-refractivity contribution is 0.102. The standard InChI is InChI=1S/C24H26N2O3S/c1-17-14-18(2)16-26(15-17)30(28,29)21-12-10-20(11-13-21)24(27)25-23-9-5-7-19-6-3-4-8-22(19)23/h3-13,17-18H,14-16H2,1-2H3,(H,25,27). The van der Waals surface area contributed by atoms with Crippen LogP contribution in [0.2, 0.25) is 0 Å². The lowest BCUT2D eigenvalue weighted by Crippen LogP contribution is -2.42. The van der Waals surface area contributed by atoms with E-state index in [2.05, 4.69) is 19.2 Å². The molecule has 0 aromatic heterocycles. The number of nitrogens with zero attached hydrogens (tertiary/aromatic N) is 1. The monoisotopic (exact) mass is 422 g/mol. The van der Waals surface area contributed by atoms with Gasteiger partial charge in [-0.25, -0.2) is 8.42 Å². The average molecular weight is 423 g/mol. The molecule has 30 heavy (non-hydrogen) atoms. The minimum atomic E-state index is -3.56. The van der Waals surface area contributed by atoms with Crippen molar-refractivity contribution in [3.8, 4) is 0 Å². The van der Waals surface area contributed by atoms with Crippen LogP contribution in [0.4, 0.5) is 5.69 Å². The van der Waals surface area contributed by atoms with E-state index < -0.39 is 10.0 Å². The molecule has 1 saturated heterocycles. The van der Waals surface area contributed by atoms with E-state index in [1.165, 1.54) is 12.1 Å². The first-order valence-electron chi connectivity index (χ1n) is 10.2. The summed E-state index contributed by atoms with van der Waals surface area (Å²) in [6.45, 7) is 5.24. The SMILES string of the molecule is CC1CC(C)CN(S(=O)(=O)c2ccc(C(=O)Nc3cccc4ccccc34)cc2)C1. The zero-order chi connectivity index (χ0) is 21.3. The van der Waals surface area contributed by atoms with Crippen LogP contribution in [-0.4, -0.2) is 31.7 Å². The van der Waals surface area contributed by atoms with Gasteiger partial charge in [-0.3, -0.25) is 4.79 Å². The summed E-state index contributed by atoms with van der Waals surface area (Å²) < 4.78 is 27.6. The van der Waals surface area contributed by atoms with Crippen molar-refractivity contribution in [1.82, 2.24) is 4.31 Å². The maximum absolute atomic E-state index is 13.0. The average Bonchev–Trinajstić information content (AvgIpc) is 2.73. The molecule has 1 aliphatic heterocycles. The third-order valence-electron chi connectivity index (χ3n) is 5.63. The zero-order valence-corrected chi connectivity index (χ0v) is 18.0. The van der Waals surface area contributed by atoms with Gasteiger partial charge in [-0.1, -0.05) is 50.2 Å². The van der Waals surface area contributed by atoms with Crippen molar-refractivity contribution >= 4 is 32.4 Å². The van der Waals surface area contributed by atoms with E-state index >= 15 is 0 Å². The highest BCUT2D eigenvalue weighted by Crippen LogP contribution is 2.27. The van der Waals surface area contributed by atoms with Crippen LogP contribution in [0.1, 0.15) is 30.6 Å². The molecule has 0 aliphatic carbocycles. The Hall–Kier alpha value is -2.70. The Labute approximate surface area is 177 Å². The van der Waals surface area contributed by atoms with Crippen LogP contribution in [-0.2, 0) is 10.0 Å². The van der Waals surface area contributed by atoms with E-state index in [0.717, 1.165) is 22.9 Å². The fraction of sp³-hybridized carbons (Fsp3) is 0.292. The third kappa shape index (κ3) is 4.11. The molecule has 156 valence electrons. The molecule has 4 rings (SSSR count). The number of hydrogen-bond donors (Lipinski definition) is 1. The Balaban J connectivity index is 1.53. The van der Waals surface area contributed by atoms with Crippen molar-refractivity contribution in [2.75, 3.05) is 18.4 Å². The van der Waals surface area contributed by atoms with Crippen molar-refractivity contribution in [2.45, 2.75) is 25.2 Å². The van der Waals surface area contributed by atoms with Gasteiger partial charge in [-0.15, -0.1) is 0 Å². The second-order valence-electron chi connectivity index (χ2n) is 8.27. The number of sulfonamides is 1. The third-order valence-corrected chi connectivity index (χ3v) is 7.47. The smallest absolute Gasteiger partial charge is 0.255 e. The minimum absolute atomic E-state index is 0.227. The van der Waals surface area contributed by atoms with Gasteiger partial charge in [0.15, 0.2) is 0 Å². The molecular weight excluding hydrogens is 396 g/mol. The summed E-state index contributed by atoms with van der Waals surface area (Å²) in [6, 6.07) is 19.8. The fourth-order valence-corrected chi connectivity index (χ4v) is 5.94. The van der Waals surface area contributed by atoms with Gasteiger partial charge in [-0.2, -0.15) is 4.31 Å². The molecular formula is C24H26N2O3S. The highest BCUT2D eigenvalue weighted by atomic mass is 32.2. The molecule has 2 unspecified atom stereocenters. The zero-order valence-electron chi connectivity index (χ0n) is 17.2. The Morgan fingerprint density at radius 2 is 1.53 bits per heavy atom. The van der Waals surface area contributed by atoms with Gasteiger partial charge >= 0.3 is 0 Å². The van der Waals surface area contributed by atoms with Crippen molar-refractivity contribution in [3.63, 3.8) is 0 Å². The molecule has 1 fully saturated rings. The lowest BCUT2D eigenvalue weighted by Gasteiger charge is -2.34. The second kappa shape index (κ2) is 8.20. The molecule has 0 bridgehead atoms. The molecule has 3 aromatic rings. The molecule has 3 aromatic carbocycles. The number of nitrogens with one attached hydrogen (secondary N) is 1. The topological polar surface area (TPSA) is 66.5 Å². The first-order chi connectivity index (χ1) is 14.3. The second-order valence-corrected chi connectivity index (χ2v) is 10.2.